The summed E-state index contributed by atoms with van der Waals surface area (Å²) in [6.45, 7) is 1.15. The van der Waals surface area contributed by atoms with E-state index in [1.165, 1.54) is 22.8 Å². The normalized spacial score (nSPS) is 11.1. The number of para-hydroxylation sites is 1. The number of rotatable bonds is 9. The molecule has 1 amide bonds. The van der Waals surface area contributed by atoms with Gasteiger partial charge in [-0.2, -0.15) is 0 Å². The lowest BCUT2D eigenvalue weighted by Gasteiger charge is -2.15. The number of halogens is 2. The van der Waals surface area contributed by atoms with Gasteiger partial charge in [0, 0.05) is 30.8 Å². The van der Waals surface area contributed by atoms with Crippen LogP contribution >= 0.6 is 11.6 Å². The number of methoxy groups -OCH3 is 1. The highest BCUT2D eigenvalue weighted by atomic mass is 35.5. The number of amides is 1. The molecular weight excluding hydrogens is 485 g/mol. The molecule has 0 radical (unpaired) electrons. The molecule has 0 bridgehead atoms. The van der Waals surface area contributed by atoms with Gasteiger partial charge in [-0.25, -0.2) is 9.18 Å². The monoisotopic (exact) mass is 509 g/mol. The highest BCUT2D eigenvalue weighted by Crippen LogP contribution is 2.19. The van der Waals surface area contributed by atoms with Gasteiger partial charge in [-0.1, -0.05) is 41.9 Å². The molecule has 3 aromatic carbocycles. The maximum Gasteiger partial charge on any atom is 0.332 e. The van der Waals surface area contributed by atoms with Crippen LogP contribution in [0.4, 0.5) is 4.39 Å². The largest absolute Gasteiger partial charge is 0.385 e. The van der Waals surface area contributed by atoms with Crippen LogP contribution in [-0.4, -0.2) is 35.3 Å². The summed E-state index contributed by atoms with van der Waals surface area (Å²) in [6, 6.07) is 17.6. The Kier molecular flexibility index (Phi) is 7.97. The Hall–Kier alpha value is -3.75. The van der Waals surface area contributed by atoms with E-state index in [-0.39, 0.29) is 24.0 Å². The molecule has 1 heterocycles. The first kappa shape index (κ1) is 25.3. The number of fused-ring (bicyclic) bond motifs is 1. The van der Waals surface area contributed by atoms with E-state index in [2.05, 4.69) is 5.32 Å². The fraction of sp³-hybridized carbons (Fsp3) is 0.222. The zero-order chi connectivity index (χ0) is 25.7. The molecule has 0 fully saturated rings. The van der Waals surface area contributed by atoms with E-state index >= 15 is 0 Å². The van der Waals surface area contributed by atoms with Gasteiger partial charge in [0.2, 0.25) is 0 Å². The molecule has 0 spiro atoms. The first-order chi connectivity index (χ1) is 17.4. The van der Waals surface area contributed by atoms with Crippen LogP contribution in [0.5, 0.6) is 0 Å². The minimum absolute atomic E-state index is 0.0232. The van der Waals surface area contributed by atoms with Crippen molar-refractivity contribution in [3.63, 3.8) is 0 Å². The number of carbonyl (C=O) groups is 1. The summed E-state index contributed by atoms with van der Waals surface area (Å²) in [5.74, 6) is -0.683. The predicted molar refractivity (Wildman–Crippen MR) is 137 cm³/mol. The van der Waals surface area contributed by atoms with E-state index in [0.29, 0.717) is 47.2 Å². The van der Waals surface area contributed by atoms with Gasteiger partial charge in [0.05, 0.1) is 24.0 Å². The summed E-state index contributed by atoms with van der Waals surface area (Å²) in [4.78, 5) is 39.0. The number of nitrogens with one attached hydrogen (secondary N) is 1. The second-order valence-corrected chi connectivity index (χ2v) is 8.72. The number of nitrogens with zero attached hydrogens (tertiary/aromatic N) is 2. The number of benzene rings is 3. The SMILES string of the molecule is COCCCNC(=O)c1ccc(Cn2c(=O)c3ccccc3n(Cc3ccc(F)cc3Cl)c2=O)cc1. The standard InChI is InChI=1S/C27H25ClFN3O4/c1-36-14-4-13-30-25(33)19-9-7-18(8-10-19)16-32-26(34)22-5-2-3-6-24(22)31(27(32)35)17-20-11-12-21(29)15-23(20)28/h2-3,5-12,15H,4,13-14,16-17H2,1H3,(H,30,33). The number of aromatic nitrogens is 2. The predicted octanol–water partition coefficient (Wildman–Crippen LogP) is 3.82. The molecule has 0 aliphatic carbocycles. The molecule has 4 rings (SSSR count). The minimum atomic E-state index is -0.515. The van der Waals surface area contributed by atoms with Gasteiger partial charge < -0.3 is 10.1 Å². The lowest BCUT2D eigenvalue weighted by atomic mass is 10.1. The Morgan fingerprint density at radius 2 is 1.75 bits per heavy atom. The smallest absolute Gasteiger partial charge is 0.332 e. The average Bonchev–Trinajstić information content (AvgIpc) is 2.88. The Labute approximate surface area is 211 Å². The molecule has 0 aliphatic rings. The molecule has 1 N–H and O–H groups in total. The van der Waals surface area contributed by atoms with Crippen molar-refractivity contribution in [1.29, 1.82) is 0 Å². The van der Waals surface area contributed by atoms with Crippen molar-refractivity contribution in [2.45, 2.75) is 19.5 Å². The number of ether oxygens (including phenoxy) is 1. The molecule has 0 saturated carbocycles. The third-order valence-electron chi connectivity index (χ3n) is 5.84. The third kappa shape index (κ3) is 5.56. The summed E-state index contributed by atoms with van der Waals surface area (Å²) in [5.41, 5.74) is 1.24. The maximum absolute atomic E-state index is 13.5. The van der Waals surface area contributed by atoms with Gasteiger partial charge in [0.25, 0.3) is 11.5 Å². The molecule has 0 atom stereocenters. The van der Waals surface area contributed by atoms with Crippen LogP contribution in [0, 0.1) is 5.82 Å². The summed E-state index contributed by atoms with van der Waals surface area (Å²) < 4.78 is 21.1. The van der Waals surface area contributed by atoms with Crippen LogP contribution in [-0.2, 0) is 17.8 Å². The average molecular weight is 510 g/mol. The maximum atomic E-state index is 13.5. The summed E-state index contributed by atoms with van der Waals surface area (Å²) in [5, 5.41) is 3.39. The number of hydrogen-bond acceptors (Lipinski definition) is 4. The minimum Gasteiger partial charge on any atom is -0.385 e. The van der Waals surface area contributed by atoms with Crippen molar-refractivity contribution in [2.75, 3.05) is 20.3 Å². The zero-order valence-electron chi connectivity index (χ0n) is 19.7. The number of hydrogen-bond donors (Lipinski definition) is 1. The molecule has 1 aromatic heterocycles. The van der Waals surface area contributed by atoms with Crippen molar-refractivity contribution in [3.8, 4) is 0 Å². The van der Waals surface area contributed by atoms with E-state index in [4.69, 9.17) is 16.3 Å². The van der Waals surface area contributed by atoms with Crippen molar-refractivity contribution < 1.29 is 13.9 Å². The van der Waals surface area contributed by atoms with E-state index in [1.807, 2.05) is 0 Å². The van der Waals surface area contributed by atoms with E-state index in [9.17, 15) is 18.8 Å². The molecule has 4 aromatic rings. The molecule has 186 valence electrons. The molecule has 9 heteroatoms. The Morgan fingerprint density at radius 1 is 1.00 bits per heavy atom. The van der Waals surface area contributed by atoms with Crippen LogP contribution in [0.15, 0.2) is 76.3 Å². The Bertz CT molecular complexity index is 1510. The Morgan fingerprint density at radius 3 is 2.47 bits per heavy atom. The van der Waals surface area contributed by atoms with E-state index in [1.54, 1.807) is 55.6 Å². The molecule has 0 saturated heterocycles. The lowest BCUT2D eigenvalue weighted by Crippen LogP contribution is -2.40. The van der Waals surface area contributed by atoms with E-state index in [0.717, 1.165) is 4.57 Å². The van der Waals surface area contributed by atoms with Gasteiger partial charge >= 0.3 is 5.69 Å². The van der Waals surface area contributed by atoms with Crippen LogP contribution in [0.2, 0.25) is 5.02 Å². The molecule has 0 unspecified atom stereocenters. The molecular formula is C27H25ClFN3O4. The summed E-state index contributed by atoms with van der Waals surface area (Å²) in [6.07, 6.45) is 0.709. The van der Waals surface area contributed by atoms with Crippen molar-refractivity contribution in [1.82, 2.24) is 14.5 Å². The fourth-order valence-corrected chi connectivity index (χ4v) is 4.17. The van der Waals surface area contributed by atoms with Gasteiger partial charge in [-0.3, -0.25) is 18.7 Å². The summed E-state index contributed by atoms with van der Waals surface area (Å²) >= 11 is 6.21. The molecule has 7 nitrogen and oxygen atoms in total. The van der Waals surface area contributed by atoms with Gasteiger partial charge in [-0.15, -0.1) is 0 Å². The third-order valence-corrected chi connectivity index (χ3v) is 6.20. The van der Waals surface area contributed by atoms with Gasteiger partial charge in [0.1, 0.15) is 5.82 Å². The zero-order valence-corrected chi connectivity index (χ0v) is 20.4. The first-order valence-electron chi connectivity index (χ1n) is 11.4. The first-order valence-corrected chi connectivity index (χ1v) is 11.8. The fourth-order valence-electron chi connectivity index (χ4n) is 3.95. The van der Waals surface area contributed by atoms with Crippen LogP contribution < -0.4 is 16.6 Å². The van der Waals surface area contributed by atoms with Crippen LogP contribution in [0.25, 0.3) is 10.9 Å². The number of carbonyl (C=O) groups excluding carboxylic acids is 1. The van der Waals surface area contributed by atoms with Crippen molar-refractivity contribution >= 4 is 28.4 Å². The lowest BCUT2D eigenvalue weighted by molar-refractivity contribution is 0.0948. The summed E-state index contributed by atoms with van der Waals surface area (Å²) in [7, 11) is 1.61. The topological polar surface area (TPSA) is 82.3 Å². The van der Waals surface area contributed by atoms with Gasteiger partial charge in [-0.05, 0) is 53.9 Å². The van der Waals surface area contributed by atoms with E-state index < -0.39 is 17.1 Å². The van der Waals surface area contributed by atoms with Gasteiger partial charge in [0.15, 0.2) is 0 Å². The van der Waals surface area contributed by atoms with Crippen LogP contribution in [0.1, 0.15) is 27.9 Å². The Balaban J connectivity index is 1.65. The van der Waals surface area contributed by atoms with Crippen molar-refractivity contribution in [3.05, 3.63) is 115 Å². The molecule has 0 aliphatic heterocycles. The highest BCUT2D eigenvalue weighted by molar-refractivity contribution is 6.31. The second-order valence-electron chi connectivity index (χ2n) is 8.31. The molecule has 36 heavy (non-hydrogen) atoms. The quantitative estimate of drug-likeness (QED) is 0.348. The van der Waals surface area contributed by atoms with Crippen molar-refractivity contribution in [2.24, 2.45) is 0 Å². The highest BCUT2D eigenvalue weighted by Gasteiger charge is 2.15. The van der Waals surface area contributed by atoms with Crippen LogP contribution in [0.3, 0.4) is 0 Å². The second kappa shape index (κ2) is 11.3.